The number of carbonyl (C=O) groups excluding carboxylic acids is 1. The lowest BCUT2D eigenvalue weighted by Crippen LogP contribution is -2.42. The van der Waals surface area contributed by atoms with Crippen LogP contribution in [0.5, 0.6) is 0 Å². The summed E-state index contributed by atoms with van der Waals surface area (Å²) >= 11 is 10.3. The Kier molecular flexibility index (Phi) is 6.69. The van der Waals surface area contributed by atoms with Gasteiger partial charge in [-0.1, -0.05) is 25.4 Å². The number of carbonyl (C=O) groups is 1. The monoisotopic (exact) mass is 300 g/mol. The first-order chi connectivity index (χ1) is 8.97. The third kappa shape index (κ3) is 5.05. The van der Waals surface area contributed by atoms with E-state index in [1.807, 2.05) is 6.92 Å². The zero-order valence-electron chi connectivity index (χ0n) is 11.6. The van der Waals surface area contributed by atoms with Gasteiger partial charge in [-0.2, -0.15) is 0 Å². The lowest BCUT2D eigenvalue weighted by molar-refractivity contribution is 0.0930. The summed E-state index contributed by atoms with van der Waals surface area (Å²) in [5.74, 6) is -0.152. The molecule has 0 saturated heterocycles. The summed E-state index contributed by atoms with van der Waals surface area (Å²) in [6, 6.07) is 5.22. The molecule has 0 radical (unpaired) electrons. The first-order valence-corrected chi connectivity index (χ1v) is 7.32. The maximum atomic E-state index is 12.1. The maximum absolute atomic E-state index is 12.1. The van der Waals surface area contributed by atoms with Crippen LogP contribution in [0.1, 0.15) is 31.1 Å². The van der Waals surface area contributed by atoms with Crippen molar-refractivity contribution in [2.45, 2.75) is 31.7 Å². The van der Waals surface area contributed by atoms with Gasteiger partial charge in [-0.05, 0) is 38.2 Å². The first-order valence-electron chi connectivity index (χ1n) is 6.49. The normalized spacial score (nSPS) is 12.5. The Balaban J connectivity index is 2.66. The SMILES string of the molecule is CCN(CC)CC(C)NC(=O)c1cc(S)ccc1Cl. The molecule has 0 heterocycles. The van der Waals surface area contributed by atoms with E-state index in [-0.39, 0.29) is 11.9 Å². The summed E-state index contributed by atoms with van der Waals surface area (Å²) < 4.78 is 0. The van der Waals surface area contributed by atoms with Crippen molar-refractivity contribution in [1.29, 1.82) is 0 Å². The van der Waals surface area contributed by atoms with Gasteiger partial charge < -0.3 is 10.2 Å². The Morgan fingerprint density at radius 1 is 1.42 bits per heavy atom. The van der Waals surface area contributed by atoms with E-state index in [0.29, 0.717) is 10.6 Å². The Labute approximate surface area is 125 Å². The van der Waals surface area contributed by atoms with Crippen molar-refractivity contribution in [2.24, 2.45) is 0 Å². The molecule has 1 unspecified atom stereocenters. The van der Waals surface area contributed by atoms with Crippen LogP contribution in [0.4, 0.5) is 0 Å². The van der Waals surface area contributed by atoms with Crippen LogP contribution in [0.15, 0.2) is 23.1 Å². The lowest BCUT2D eigenvalue weighted by Gasteiger charge is -2.23. The summed E-state index contributed by atoms with van der Waals surface area (Å²) in [7, 11) is 0. The van der Waals surface area contributed by atoms with Crippen LogP contribution in [-0.4, -0.2) is 36.5 Å². The van der Waals surface area contributed by atoms with Crippen molar-refractivity contribution in [3.05, 3.63) is 28.8 Å². The highest BCUT2D eigenvalue weighted by Crippen LogP contribution is 2.19. The summed E-state index contributed by atoms with van der Waals surface area (Å²) in [5.41, 5.74) is 0.473. The van der Waals surface area contributed by atoms with Crippen molar-refractivity contribution >= 4 is 30.1 Å². The maximum Gasteiger partial charge on any atom is 0.253 e. The van der Waals surface area contributed by atoms with Crippen LogP contribution in [0.3, 0.4) is 0 Å². The van der Waals surface area contributed by atoms with Gasteiger partial charge >= 0.3 is 0 Å². The van der Waals surface area contributed by atoms with E-state index in [0.717, 1.165) is 24.5 Å². The average Bonchev–Trinajstić information content (AvgIpc) is 2.38. The zero-order chi connectivity index (χ0) is 14.4. The van der Waals surface area contributed by atoms with Crippen LogP contribution in [0, 0.1) is 0 Å². The van der Waals surface area contributed by atoms with Gasteiger partial charge in [0.1, 0.15) is 0 Å². The molecule has 19 heavy (non-hydrogen) atoms. The molecule has 1 aromatic rings. The molecule has 106 valence electrons. The van der Waals surface area contributed by atoms with E-state index in [4.69, 9.17) is 11.6 Å². The number of rotatable bonds is 6. The van der Waals surface area contributed by atoms with E-state index in [2.05, 4.69) is 36.7 Å². The van der Waals surface area contributed by atoms with Crippen LogP contribution in [0.25, 0.3) is 0 Å². The fraction of sp³-hybridized carbons (Fsp3) is 0.500. The number of likely N-dealkylation sites (N-methyl/N-ethyl adjacent to an activating group) is 1. The molecule has 1 N–H and O–H groups in total. The number of amides is 1. The Morgan fingerprint density at radius 2 is 2.05 bits per heavy atom. The number of hydrogen-bond acceptors (Lipinski definition) is 3. The molecule has 0 bridgehead atoms. The highest BCUT2D eigenvalue weighted by atomic mass is 35.5. The Hall–Kier alpha value is -0.710. The highest BCUT2D eigenvalue weighted by molar-refractivity contribution is 7.80. The fourth-order valence-electron chi connectivity index (χ4n) is 1.90. The molecule has 0 aromatic heterocycles. The molecule has 1 aromatic carbocycles. The fourth-order valence-corrected chi connectivity index (χ4v) is 2.31. The standard InChI is InChI=1S/C14H21ClN2OS/c1-4-17(5-2)9-10(3)16-14(18)12-8-11(19)6-7-13(12)15/h6-8,10,19H,4-5,9H2,1-3H3,(H,16,18). The van der Waals surface area contributed by atoms with Gasteiger partial charge in [-0.15, -0.1) is 12.6 Å². The van der Waals surface area contributed by atoms with Gasteiger partial charge in [0, 0.05) is 17.5 Å². The predicted molar refractivity (Wildman–Crippen MR) is 83.4 cm³/mol. The largest absolute Gasteiger partial charge is 0.348 e. The second-order valence-corrected chi connectivity index (χ2v) is 5.45. The first kappa shape index (κ1) is 16.3. The Bertz CT molecular complexity index is 435. The molecule has 1 amide bonds. The van der Waals surface area contributed by atoms with Crippen molar-refractivity contribution in [3.8, 4) is 0 Å². The molecule has 0 aliphatic heterocycles. The topological polar surface area (TPSA) is 32.3 Å². The van der Waals surface area contributed by atoms with Gasteiger partial charge in [-0.25, -0.2) is 0 Å². The number of nitrogens with zero attached hydrogens (tertiary/aromatic N) is 1. The average molecular weight is 301 g/mol. The molecule has 0 aliphatic rings. The van der Waals surface area contributed by atoms with Crippen LogP contribution in [0.2, 0.25) is 5.02 Å². The molecule has 0 fully saturated rings. The van der Waals surface area contributed by atoms with Crippen molar-refractivity contribution in [3.63, 3.8) is 0 Å². The molecule has 0 aliphatic carbocycles. The predicted octanol–water partition coefficient (Wildman–Crippen LogP) is 3.09. The molecule has 0 saturated carbocycles. The molecule has 5 heteroatoms. The van der Waals surface area contributed by atoms with E-state index >= 15 is 0 Å². The molecular weight excluding hydrogens is 280 g/mol. The second-order valence-electron chi connectivity index (χ2n) is 4.52. The van der Waals surface area contributed by atoms with Crippen molar-refractivity contribution in [2.75, 3.05) is 19.6 Å². The molecule has 1 atom stereocenters. The molecular formula is C14H21ClN2OS. The highest BCUT2D eigenvalue weighted by Gasteiger charge is 2.14. The van der Waals surface area contributed by atoms with Crippen LogP contribution in [-0.2, 0) is 0 Å². The molecule has 0 spiro atoms. The minimum absolute atomic E-state index is 0.0760. The van der Waals surface area contributed by atoms with Gasteiger partial charge in [0.15, 0.2) is 0 Å². The lowest BCUT2D eigenvalue weighted by atomic mass is 10.2. The van der Waals surface area contributed by atoms with E-state index in [9.17, 15) is 4.79 Å². The van der Waals surface area contributed by atoms with Crippen molar-refractivity contribution < 1.29 is 4.79 Å². The summed E-state index contributed by atoms with van der Waals surface area (Å²) in [4.78, 5) is 15.1. The number of hydrogen-bond donors (Lipinski definition) is 2. The number of halogens is 1. The van der Waals surface area contributed by atoms with Gasteiger partial charge in [-0.3, -0.25) is 4.79 Å². The number of nitrogens with one attached hydrogen (secondary N) is 1. The second kappa shape index (κ2) is 7.78. The minimum Gasteiger partial charge on any atom is -0.348 e. The summed E-state index contributed by atoms with van der Waals surface area (Å²) in [6.07, 6.45) is 0. The zero-order valence-corrected chi connectivity index (χ0v) is 13.3. The molecule has 3 nitrogen and oxygen atoms in total. The Morgan fingerprint density at radius 3 is 2.63 bits per heavy atom. The van der Waals surface area contributed by atoms with Crippen LogP contribution < -0.4 is 5.32 Å². The van der Waals surface area contributed by atoms with E-state index < -0.39 is 0 Å². The quantitative estimate of drug-likeness (QED) is 0.791. The van der Waals surface area contributed by atoms with Gasteiger partial charge in [0.05, 0.1) is 10.6 Å². The minimum atomic E-state index is -0.152. The smallest absolute Gasteiger partial charge is 0.253 e. The third-order valence-corrected chi connectivity index (χ3v) is 3.61. The number of benzene rings is 1. The van der Waals surface area contributed by atoms with Crippen LogP contribution >= 0.6 is 24.2 Å². The number of thiol groups is 1. The van der Waals surface area contributed by atoms with E-state index in [1.54, 1.807) is 18.2 Å². The third-order valence-electron chi connectivity index (χ3n) is 3.00. The summed E-state index contributed by atoms with van der Waals surface area (Å²) in [5, 5.41) is 3.41. The van der Waals surface area contributed by atoms with Gasteiger partial charge in [0.2, 0.25) is 0 Å². The summed E-state index contributed by atoms with van der Waals surface area (Å²) in [6.45, 7) is 9.00. The van der Waals surface area contributed by atoms with E-state index in [1.165, 1.54) is 0 Å². The van der Waals surface area contributed by atoms with Crippen molar-refractivity contribution in [1.82, 2.24) is 10.2 Å². The molecule has 1 rings (SSSR count). The van der Waals surface area contributed by atoms with Gasteiger partial charge in [0.25, 0.3) is 5.91 Å².